The lowest BCUT2D eigenvalue weighted by molar-refractivity contribution is -0.378. The van der Waals surface area contributed by atoms with E-state index in [-0.39, 0.29) is 34.6 Å². The normalized spacial score (nSPS) is 54.0. The molecule has 24 nitrogen and oxygen atoms in total. The molecular formula is C52H82O24. The van der Waals surface area contributed by atoms with Gasteiger partial charge in [0.05, 0.1) is 63.9 Å². The van der Waals surface area contributed by atoms with Gasteiger partial charge in [0.25, 0.3) is 0 Å². The lowest BCUT2D eigenvalue weighted by Gasteiger charge is -2.64. The van der Waals surface area contributed by atoms with E-state index in [1.807, 2.05) is 6.92 Å². The average molecular weight is 1090 g/mol. The van der Waals surface area contributed by atoms with Crippen LogP contribution in [-0.2, 0) is 52.2 Å². The number of esters is 1. The summed E-state index contributed by atoms with van der Waals surface area (Å²) in [6.45, 7) is 6.65. The number of carbonyl (C=O) groups excluding carboxylic acids is 1. The van der Waals surface area contributed by atoms with Crippen molar-refractivity contribution in [3.8, 4) is 0 Å². The largest absolute Gasteiger partial charge is 0.433 e. The van der Waals surface area contributed by atoms with Gasteiger partial charge < -0.3 is 114 Å². The second-order valence-corrected chi connectivity index (χ2v) is 24.8. The van der Waals surface area contributed by atoms with Crippen LogP contribution < -0.4 is 0 Å². The highest BCUT2D eigenvalue weighted by Gasteiger charge is 2.75. The van der Waals surface area contributed by atoms with E-state index in [0.717, 1.165) is 25.7 Å². The molecule has 0 aromatic rings. The first-order chi connectivity index (χ1) is 35.9. The summed E-state index contributed by atoms with van der Waals surface area (Å²) >= 11 is 0. The zero-order chi connectivity index (χ0) is 54.9. The second-order valence-electron chi connectivity index (χ2n) is 24.8. The van der Waals surface area contributed by atoms with Gasteiger partial charge in [0.2, 0.25) is 5.79 Å². The van der Waals surface area contributed by atoms with Crippen LogP contribution in [-0.4, -0.2) is 240 Å². The van der Waals surface area contributed by atoms with Crippen LogP contribution in [0.4, 0.5) is 0 Å². The molecule has 13 N–H and O–H groups in total. The molecule has 2 saturated carbocycles. The Labute approximate surface area is 440 Å². The van der Waals surface area contributed by atoms with E-state index in [9.17, 15) is 71.2 Å². The predicted molar refractivity (Wildman–Crippen MR) is 253 cm³/mol. The molecule has 0 aromatic heterocycles. The van der Waals surface area contributed by atoms with Crippen molar-refractivity contribution < 1.29 is 119 Å². The van der Waals surface area contributed by atoms with Crippen molar-refractivity contribution in [1.82, 2.24) is 0 Å². The smallest absolute Gasteiger partial charge is 0.311 e. The summed E-state index contributed by atoms with van der Waals surface area (Å²) in [6.07, 6.45) is -21.8. The van der Waals surface area contributed by atoms with Crippen LogP contribution in [0.5, 0.6) is 0 Å². The molecule has 4 aliphatic carbocycles. The van der Waals surface area contributed by atoms with Crippen LogP contribution in [0.2, 0.25) is 0 Å². The topological polar surface area (TPSA) is 372 Å². The summed E-state index contributed by atoms with van der Waals surface area (Å²) in [5.41, 5.74) is -2.12. The van der Waals surface area contributed by atoms with Crippen molar-refractivity contribution in [2.75, 3.05) is 46.2 Å². The Hall–Kier alpha value is -1.67. The van der Waals surface area contributed by atoms with E-state index in [1.165, 1.54) is 11.1 Å². The lowest BCUT2D eigenvalue weighted by Crippen LogP contribution is -2.65. The molecule has 8 fully saturated rings. The molecule has 6 aliphatic heterocycles. The van der Waals surface area contributed by atoms with E-state index in [2.05, 4.69) is 27.7 Å². The van der Waals surface area contributed by atoms with Gasteiger partial charge in [-0.3, -0.25) is 4.79 Å². The first-order valence-corrected chi connectivity index (χ1v) is 27.2. The monoisotopic (exact) mass is 1090 g/mol. The maximum atomic E-state index is 12.7. The van der Waals surface area contributed by atoms with Crippen LogP contribution in [0, 0.1) is 39.4 Å². The van der Waals surface area contributed by atoms with E-state index in [1.54, 1.807) is 0 Å². The van der Waals surface area contributed by atoms with Gasteiger partial charge in [-0.2, -0.15) is 0 Å². The minimum atomic E-state index is -2.15. The predicted octanol–water partition coefficient (Wildman–Crippen LogP) is -2.92. The molecule has 2 spiro atoms. The maximum Gasteiger partial charge on any atom is 0.311 e. The fourth-order valence-electron chi connectivity index (χ4n) is 16.3. The van der Waals surface area contributed by atoms with Gasteiger partial charge in [0, 0.05) is 23.7 Å². The fraction of sp³-hybridized carbons (Fsp3) is 0.942. The molecule has 0 bridgehead atoms. The van der Waals surface area contributed by atoms with Crippen LogP contribution in [0.3, 0.4) is 0 Å². The number of fused-ring (bicyclic) bond motifs is 5. The molecule has 10 rings (SSSR count). The third-order valence-corrected chi connectivity index (χ3v) is 20.9. The molecule has 0 radical (unpaired) electrons. The van der Waals surface area contributed by atoms with Gasteiger partial charge in [-0.15, -0.1) is 0 Å². The van der Waals surface area contributed by atoms with Crippen LogP contribution in [0.15, 0.2) is 11.1 Å². The Morgan fingerprint density at radius 2 is 1.34 bits per heavy atom. The number of hydrogen-bond donors (Lipinski definition) is 13. The summed E-state index contributed by atoms with van der Waals surface area (Å²) in [5, 5.41) is 142. The van der Waals surface area contributed by atoms with Crippen molar-refractivity contribution in [1.29, 1.82) is 0 Å². The standard InChI is InChI=1S/C52H82O24/c1-23-14-51(75-41(23)65)15-24(2)52(76-51)13-12-47(4)26-6-7-30-46(3,25(26)8-11-48(47,52)5)10-9-31(49(30,19-54)20-55)72-42-37(63)35(61)34(60)29(71-42)18-68-43-38(32(58)27(57)17-67-43)73-44-39(36(62)33(59)28(16-53)70-44)74-45-40(64)50(66,21-56)22-69-45/h23-24,27-40,42-45,53-64,66H,6-22H2,1-5H3/t23-,24-,27+,28-,29-,30-,31+,32+,33-,34-,35+,36+,37-,38-,39-,40+,42+,43+,44+,45+,46-,47+,48+,50-,51+,52+/m1/s1. The van der Waals surface area contributed by atoms with Gasteiger partial charge in [-0.1, -0.05) is 45.8 Å². The van der Waals surface area contributed by atoms with E-state index >= 15 is 0 Å². The minimum Gasteiger partial charge on any atom is -0.433 e. The number of aliphatic hydroxyl groups excluding tert-OH is 12. The van der Waals surface area contributed by atoms with Crippen molar-refractivity contribution >= 4 is 5.97 Å². The van der Waals surface area contributed by atoms with Crippen molar-refractivity contribution in [2.45, 2.75) is 220 Å². The molecule has 0 amide bonds. The summed E-state index contributed by atoms with van der Waals surface area (Å²) in [4.78, 5) is 12.7. The summed E-state index contributed by atoms with van der Waals surface area (Å²) in [6, 6.07) is 0. The molecular weight excluding hydrogens is 1010 g/mol. The van der Waals surface area contributed by atoms with Crippen molar-refractivity contribution in [3.63, 3.8) is 0 Å². The Balaban J connectivity index is 0.840. The summed E-state index contributed by atoms with van der Waals surface area (Å²) in [5.74, 6) is -1.48. The molecule has 24 heteroatoms. The van der Waals surface area contributed by atoms with E-state index in [4.69, 9.17) is 47.4 Å². The van der Waals surface area contributed by atoms with Gasteiger partial charge in [-0.05, 0) is 74.0 Å². The van der Waals surface area contributed by atoms with Gasteiger partial charge in [0.1, 0.15) is 78.8 Å². The quantitative estimate of drug-likeness (QED) is 0.0649. The zero-order valence-corrected chi connectivity index (χ0v) is 43.9. The average Bonchev–Trinajstić information content (AvgIpc) is 4.06. The summed E-state index contributed by atoms with van der Waals surface area (Å²) in [7, 11) is 0. The van der Waals surface area contributed by atoms with Crippen LogP contribution >= 0.6 is 0 Å². The van der Waals surface area contributed by atoms with E-state index in [0.29, 0.717) is 38.5 Å². The van der Waals surface area contributed by atoms with Crippen LogP contribution in [0.1, 0.15) is 98.8 Å². The van der Waals surface area contributed by atoms with E-state index < -0.39 is 179 Å². The first kappa shape index (κ1) is 57.6. The highest BCUT2D eigenvalue weighted by Crippen LogP contribution is 2.76. The SMILES string of the molecule is C[C@@H]1C[C@]2(C[C@@H](C)[C@]3(CC[C@@]4(C)C5=C(CC[C@@]43C)[C@@]3(C)CC[C@H](O[C@@H]4O[C@H](CO[C@@H]6OC[C@H](O)[C@H](O)[C@H]6O[C@@H]6O[C@H](CO)[C@@H](O)[C@H](O)[C@H]6O[C@@H]6OC[C@](O)(CO)[C@H]6O)[C@@H](O)[C@H](O)[C@H]4O)C(CO)(CO)[C@@H]3CC5)O2)OC1=O. The van der Waals surface area contributed by atoms with Crippen molar-refractivity contribution in [3.05, 3.63) is 11.1 Å². The number of hydrogen-bond acceptors (Lipinski definition) is 24. The van der Waals surface area contributed by atoms with Gasteiger partial charge >= 0.3 is 5.97 Å². The lowest BCUT2D eigenvalue weighted by atomic mass is 9.42. The van der Waals surface area contributed by atoms with Gasteiger partial charge in [0.15, 0.2) is 25.2 Å². The Morgan fingerprint density at radius 1 is 0.658 bits per heavy atom. The van der Waals surface area contributed by atoms with Crippen LogP contribution in [0.25, 0.3) is 0 Å². The molecule has 0 aromatic carbocycles. The number of carbonyl (C=O) groups is 1. The number of aliphatic hydroxyl groups is 13. The molecule has 434 valence electrons. The molecule has 10 aliphatic rings. The first-order valence-electron chi connectivity index (χ1n) is 27.2. The number of rotatable bonds is 13. The molecule has 76 heavy (non-hydrogen) atoms. The third kappa shape index (κ3) is 8.64. The van der Waals surface area contributed by atoms with Gasteiger partial charge in [-0.25, -0.2) is 0 Å². The highest BCUT2D eigenvalue weighted by atomic mass is 16.8. The molecule has 6 heterocycles. The second kappa shape index (κ2) is 20.6. The molecule has 0 unspecified atom stereocenters. The summed E-state index contributed by atoms with van der Waals surface area (Å²) < 4.78 is 60.4. The number of ether oxygens (including phenoxy) is 10. The molecule has 6 saturated heterocycles. The Bertz CT molecular complexity index is 2150. The minimum absolute atomic E-state index is 0.158. The third-order valence-electron chi connectivity index (χ3n) is 20.9. The fourth-order valence-corrected chi connectivity index (χ4v) is 16.3. The Morgan fingerprint density at radius 3 is 2.00 bits per heavy atom. The maximum absolute atomic E-state index is 12.7. The molecule has 26 atom stereocenters. The Kier molecular flexibility index (Phi) is 15.6. The van der Waals surface area contributed by atoms with Crippen molar-refractivity contribution in [2.24, 2.45) is 39.4 Å². The zero-order valence-electron chi connectivity index (χ0n) is 43.9. The highest BCUT2D eigenvalue weighted by molar-refractivity contribution is 5.74. The number of allylic oxidation sites excluding steroid dienone is 2.